The second kappa shape index (κ2) is 9.03. The van der Waals surface area contributed by atoms with E-state index in [-0.39, 0.29) is 12.2 Å². The topological polar surface area (TPSA) is 39.7 Å². The number of hydrogen-bond acceptors (Lipinski definition) is 4. The van der Waals surface area contributed by atoms with Gasteiger partial charge in [-0.2, -0.15) is 0 Å². The third-order valence-electron chi connectivity index (χ3n) is 3.80. The molecule has 1 aromatic carbocycles. The van der Waals surface area contributed by atoms with E-state index < -0.39 is 0 Å². The summed E-state index contributed by atoms with van der Waals surface area (Å²) in [5.41, 5.74) is 1.14. The molecule has 118 valence electrons. The molecule has 1 aliphatic heterocycles. The highest BCUT2D eigenvalue weighted by Gasteiger charge is 2.18. The summed E-state index contributed by atoms with van der Waals surface area (Å²) in [6.45, 7) is 5.37. The van der Waals surface area contributed by atoms with Crippen LogP contribution in [0.1, 0.15) is 37.9 Å². The molecule has 2 rings (SSSR count). The van der Waals surface area contributed by atoms with E-state index >= 15 is 0 Å². The highest BCUT2D eigenvalue weighted by atomic mass is 16.5. The van der Waals surface area contributed by atoms with Crippen molar-refractivity contribution in [3.63, 3.8) is 0 Å². The molecule has 0 amide bonds. The van der Waals surface area contributed by atoms with Crippen LogP contribution in [0.4, 0.5) is 0 Å². The summed E-state index contributed by atoms with van der Waals surface area (Å²) in [5.74, 6) is 0.867. The van der Waals surface area contributed by atoms with Gasteiger partial charge < -0.3 is 19.5 Å². The molecule has 4 heteroatoms. The lowest BCUT2D eigenvalue weighted by atomic mass is 10.1. The van der Waals surface area contributed by atoms with Crippen molar-refractivity contribution in [3.8, 4) is 5.75 Å². The monoisotopic (exact) mass is 293 g/mol. The van der Waals surface area contributed by atoms with Crippen LogP contribution in [-0.2, 0) is 9.47 Å². The van der Waals surface area contributed by atoms with Crippen LogP contribution < -0.4 is 10.1 Å². The molecule has 1 saturated heterocycles. The van der Waals surface area contributed by atoms with E-state index in [4.69, 9.17) is 14.2 Å². The Hall–Kier alpha value is -1.10. The predicted molar refractivity (Wildman–Crippen MR) is 83.8 cm³/mol. The number of ether oxygens (including phenoxy) is 3. The third kappa shape index (κ3) is 5.30. The summed E-state index contributed by atoms with van der Waals surface area (Å²) in [6, 6.07) is 8.10. The van der Waals surface area contributed by atoms with E-state index in [0.717, 1.165) is 37.4 Å². The maximum atomic E-state index is 6.13. The lowest BCUT2D eigenvalue weighted by molar-refractivity contribution is -0.0633. The van der Waals surface area contributed by atoms with Crippen LogP contribution in [0.5, 0.6) is 5.75 Å². The average Bonchev–Trinajstić information content (AvgIpc) is 2.56. The van der Waals surface area contributed by atoms with Gasteiger partial charge in [0.2, 0.25) is 0 Å². The van der Waals surface area contributed by atoms with Gasteiger partial charge in [0.1, 0.15) is 5.75 Å². The Bertz CT molecular complexity index is 405. The summed E-state index contributed by atoms with van der Waals surface area (Å²) >= 11 is 0. The van der Waals surface area contributed by atoms with Crippen molar-refractivity contribution < 1.29 is 14.2 Å². The number of rotatable bonds is 8. The van der Waals surface area contributed by atoms with Crippen molar-refractivity contribution in [2.24, 2.45) is 0 Å². The fourth-order valence-electron chi connectivity index (χ4n) is 2.55. The van der Waals surface area contributed by atoms with Crippen molar-refractivity contribution in [2.45, 2.75) is 38.4 Å². The van der Waals surface area contributed by atoms with Crippen molar-refractivity contribution in [1.29, 1.82) is 0 Å². The number of likely N-dealkylation sites (N-methyl/N-ethyl adjacent to an activating group) is 1. The highest BCUT2D eigenvalue weighted by molar-refractivity contribution is 5.30. The fourth-order valence-corrected chi connectivity index (χ4v) is 2.55. The van der Waals surface area contributed by atoms with Gasteiger partial charge in [-0.05, 0) is 43.5 Å². The first-order chi connectivity index (χ1) is 10.3. The van der Waals surface area contributed by atoms with Gasteiger partial charge in [0.15, 0.2) is 0 Å². The van der Waals surface area contributed by atoms with Gasteiger partial charge in [0.05, 0.1) is 25.9 Å². The van der Waals surface area contributed by atoms with Crippen molar-refractivity contribution >= 4 is 0 Å². The Morgan fingerprint density at radius 2 is 2.29 bits per heavy atom. The van der Waals surface area contributed by atoms with E-state index in [9.17, 15) is 0 Å². The molecule has 0 saturated carbocycles. The molecular weight excluding hydrogens is 266 g/mol. The molecule has 2 unspecified atom stereocenters. The van der Waals surface area contributed by atoms with Gasteiger partial charge in [-0.3, -0.25) is 0 Å². The maximum absolute atomic E-state index is 6.13. The normalized spacial score (nSPS) is 20.2. The molecule has 0 bridgehead atoms. The summed E-state index contributed by atoms with van der Waals surface area (Å²) < 4.78 is 17.2. The van der Waals surface area contributed by atoms with Crippen molar-refractivity contribution in [3.05, 3.63) is 29.8 Å². The van der Waals surface area contributed by atoms with Gasteiger partial charge >= 0.3 is 0 Å². The zero-order valence-electron chi connectivity index (χ0n) is 13.1. The van der Waals surface area contributed by atoms with Crippen LogP contribution in [0.2, 0.25) is 0 Å². The summed E-state index contributed by atoms with van der Waals surface area (Å²) in [7, 11) is 1.69. The highest BCUT2D eigenvalue weighted by Crippen LogP contribution is 2.23. The van der Waals surface area contributed by atoms with E-state index in [2.05, 4.69) is 18.3 Å². The Balaban J connectivity index is 1.95. The van der Waals surface area contributed by atoms with E-state index in [0.29, 0.717) is 6.61 Å². The predicted octanol–water partition coefficient (Wildman–Crippen LogP) is 2.93. The molecule has 2 atom stereocenters. The van der Waals surface area contributed by atoms with Crippen LogP contribution >= 0.6 is 0 Å². The molecular formula is C17H27NO3. The summed E-state index contributed by atoms with van der Waals surface area (Å²) in [4.78, 5) is 0. The summed E-state index contributed by atoms with van der Waals surface area (Å²) in [6.07, 6.45) is 3.80. The molecule has 1 heterocycles. The molecule has 21 heavy (non-hydrogen) atoms. The Kier molecular flexibility index (Phi) is 7.00. The number of nitrogens with one attached hydrogen (secondary N) is 1. The minimum absolute atomic E-state index is 0.0329. The molecule has 1 fully saturated rings. The van der Waals surface area contributed by atoms with Gasteiger partial charge in [-0.1, -0.05) is 19.1 Å². The van der Waals surface area contributed by atoms with Gasteiger partial charge in [0.25, 0.3) is 0 Å². The molecule has 4 nitrogen and oxygen atoms in total. The second-order valence-corrected chi connectivity index (χ2v) is 5.39. The van der Waals surface area contributed by atoms with E-state index in [1.165, 1.54) is 12.8 Å². The zero-order chi connectivity index (χ0) is 14.9. The average molecular weight is 293 g/mol. The van der Waals surface area contributed by atoms with Crippen LogP contribution in [0, 0.1) is 0 Å². The Labute approximate surface area is 127 Å². The molecule has 0 aromatic heterocycles. The molecule has 0 aliphatic carbocycles. The molecule has 1 N–H and O–H groups in total. The molecule has 1 aliphatic rings. The first kappa shape index (κ1) is 16.3. The SMILES string of the molecule is CCNCC(OCC1CCCCO1)c1cccc(OC)c1. The molecule has 0 spiro atoms. The third-order valence-corrected chi connectivity index (χ3v) is 3.80. The second-order valence-electron chi connectivity index (χ2n) is 5.39. The lowest BCUT2D eigenvalue weighted by Gasteiger charge is -2.26. The van der Waals surface area contributed by atoms with Crippen LogP contribution in [0.15, 0.2) is 24.3 Å². The van der Waals surface area contributed by atoms with Crippen molar-refractivity contribution in [2.75, 3.05) is 33.4 Å². The maximum Gasteiger partial charge on any atom is 0.119 e. The zero-order valence-corrected chi connectivity index (χ0v) is 13.1. The fraction of sp³-hybridized carbons (Fsp3) is 0.647. The quantitative estimate of drug-likeness (QED) is 0.800. The molecule has 0 radical (unpaired) electrons. The van der Waals surface area contributed by atoms with Gasteiger partial charge in [-0.15, -0.1) is 0 Å². The summed E-state index contributed by atoms with van der Waals surface area (Å²) in [5, 5.41) is 3.37. The Morgan fingerprint density at radius 1 is 1.38 bits per heavy atom. The standard InChI is InChI=1S/C17H27NO3/c1-3-18-12-17(14-7-6-9-15(11-14)19-2)21-13-16-8-4-5-10-20-16/h6-7,9,11,16-18H,3-5,8,10,12-13H2,1-2H3. The minimum Gasteiger partial charge on any atom is -0.497 e. The smallest absolute Gasteiger partial charge is 0.119 e. The number of hydrogen-bond donors (Lipinski definition) is 1. The molecule has 1 aromatic rings. The van der Waals surface area contributed by atoms with E-state index in [1.54, 1.807) is 7.11 Å². The van der Waals surface area contributed by atoms with Crippen LogP contribution in [0.3, 0.4) is 0 Å². The largest absolute Gasteiger partial charge is 0.497 e. The number of benzene rings is 1. The first-order valence-corrected chi connectivity index (χ1v) is 7.91. The first-order valence-electron chi connectivity index (χ1n) is 7.91. The Morgan fingerprint density at radius 3 is 3.00 bits per heavy atom. The lowest BCUT2D eigenvalue weighted by Crippen LogP contribution is -2.29. The van der Waals surface area contributed by atoms with E-state index in [1.807, 2.05) is 18.2 Å². The van der Waals surface area contributed by atoms with Crippen LogP contribution in [0.25, 0.3) is 0 Å². The van der Waals surface area contributed by atoms with Crippen molar-refractivity contribution in [1.82, 2.24) is 5.32 Å². The van der Waals surface area contributed by atoms with Gasteiger partial charge in [-0.25, -0.2) is 0 Å². The minimum atomic E-state index is 0.0329. The van der Waals surface area contributed by atoms with Crippen LogP contribution in [-0.4, -0.2) is 39.5 Å². The van der Waals surface area contributed by atoms with Gasteiger partial charge in [0, 0.05) is 13.2 Å². The number of methoxy groups -OCH3 is 1.